The van der Waals surface area contributed by atoms with E-state index in [0.29, 0.717) is 5.92 Å². The summed E-state index contributed by atoms with van der Waals surface area (Å²) in [4.78, 5) is 15.4. The second-order valence-electron chi connectivity index (χ2n) is 5.12. The molecule has 2 aliphatic rings. The maximum absolute atomic E-state index is 11.3. The molecule has 1 saturated heterocycles. The average Bonchev–Trinajstić information content (AvgIpc) is 2.83. The molecule has 3 N–H and O–H groups in total. The lowest BCUT2D eigenvalue weighted by Crippen LogP contribution is -2.43. The van der Waals surface area contributed by atoms with Gasteiger partial charge < -0.3 is 5.11 Å². The summed E-state index contributed by atoms with van der Waals surface area (Å²) >= 11 is 0. The minimum atomic E-state index is -0.689. The van der Waals surface area contributed by atoms with Gasteiger partial charge in [0.05, 0.1) is 12.0 Å². The molecule has 1 aromatic heterocycles. The molecule has 112 valence electrons. The van der Waals surface area contributed by atoms with Gasteiger partial charge in [0, 0.05) is 18.4 Å². The lowest BCUT2D eigenvalue weighted by Gasteiger charge is -2.32. The summed E-state index contributed by atoms with van der Waals surface area (Å²) in [6.45, 7) is 0. The molecule has 7 heteroatoms. The van der Waals surface area contributed by atoms with E-state index in [9.17, 15) is 9.90 Å². The smallest absolute Gasteiger partial charge is 0.308 e. The van der Waals surface area contributed by atoms with E-state index in [1.807, 2.05) is 18.3 Å². The van der Waals surface area contributed by atoms with Crippen LogP contribution < -0.4 is 10.9 Å². The van der Waals surface area contributed by atoms with Crippen LogP contribution >= 0.6 is 24.8 Å². The molecule has 5 nitrogen and oxygen atoms in total. The minimum absolute atomic E-state index is 0. The highest BCUT2D eigenvalue weighted by atomic mass is 35.5. The predicted molar refractivity (Wildman–Crippen MR) is 80.0 cm³/mol. The number of pyridine rings is 1. The van der Waals surface area contributed by atoms with E-state index in [1.165, 1.54) is 0 Å². The first kappa shape index (κ1) is 17.2. The van der Waals surface area contributed by atoms with Gasteiger partial charge in [0.1, 0.15) is 0 Å². The second kappa shape index (κ2) is 7.22. The van der Waals surface area contributed by atoms with Crippen LogP contribution in [0.4, 0.5) is 0 Å². The number of halogens is 2. The van der Waals surface area contributed by atoms with Crippen molar-refractivity contribution in [1.82, 2.24) is 15.8 Å². The Hall–Kier alpha value is -0.880. The summed E-state index contributed by atoms with van der Waals surface area (Å²) in [6, 6.07) is 4.16. The highest BCUT2D eigenvalue weighted by molar-refractivity contribution is 5.85. The van der Waals surface area contributed by atoms with Crippen molar-refractivity contribution in [3.8, 4) is 0 Å². The number of aromatic nitrogens is 1. The topological polar surface area (TPSA) is 74.2 Å². The number of fused-ring (bicyclic) bond motifs is 1. The molecule has 0 radical (unpaired) electrons. The number of nitrogens with one attached hydrogen (secondary N) is 2. The van der Waals surface area contributed by atoms with Gasteiger partial charge in [0.2, 0.25) is 0 Å². The van der Waals surface area contributed by atoms with Gasteiger partial charge in [-0.05, 0) is 30.4 Å². The zero-order chi connectivity index (χ0) is 12.5. The highest BCUT2D eigenvalue weighted by Crippen LogP contribution is 2.40. The van der Waals surface area contributed by atoms with Gasteiger partial charge in [-0.25, -0.2) is 5.43 Å². The van der Waals surface area contributed by atoms with E-state index in [1.54, 1.807) is 6.20 Å². The third kappa shape index (κ3) is 3.06. The fourth-order valence-electron chi connectivity index (χ4n) is 3.27. The molecule has 1 saturated carbocycles. The Balaban J connectivity index is 0.000001000. The van der Waals surface area contributed by atoms with E-state index >= 15 is 0 Å². The zero-order valence-electron chi connectivity index (χ0n) is 10.9. The Morgan fingerprint density at radius 1 is 1.30 bits per heavy atom. The van der Waals surface area contributed by atoms with Gasteiger partial charge in [-0.2, -0.15) is 0 Å². The van der Waals surface area contributed by atoms with Crippen LogP contribution in [0, 0.1) is 11.8 Å². The summed E-state index contributed by atoms with van der Waals surface area (Å²) in [5.41, 5.74) is 7.55. The first-order valence-electron chi connectivity index (χ1n) is 6.41. The molecule has 2 heterocycles. The molecule has 20 heavy (non-hydrogen) atoms. The molecule has 1 aliphatic carbocycles. The van der Waals surface area contributed by atoms with Crippen molar-refractivity contribution in [3.63, 3.8) is 0 Å². The molecular formula is C13H19Cl2N3O2. The Bertz CT molecular complexity index is 447. The van der Waals surface area contributed by atoms with Gasteiger partial charge in [0.25, 0.3) is 0 Å². The number of hydrazine groups is 1. The molecule has 4 unspecified atom stereocenters. The normalized spacial score (nSPS) is 31.6. The molecule has 4 atom stereocenters. The third-order valence-electron chi connectivity index (χ3n) is 4.14. The lowest BCUT2D eigenvalue weighted by atomic mass is 9.74. The van der Waals surface area contributed by atoms with Gasteiger partial charge >= 0.3 is 5.97 Å². The molecule has 0 bridgehead atoms. The molecule has 0 aromatic carbocycles. The van der Waals surface area contributed by atoms with Crippen LogP contribution in [0.3, 0.4) is 0 Å². The number of nitrogens with zero attached hydrogens (tertiary/aromatic N) is 1. The first-order chi connectivity index (χ1) is 8.77. The second-order valence-corrected chi connectivity index (χ2v) is 5.12. The summed E-state index contributed by atoms with van der Waals surface area (Å²) in [5, 5.41) is 9.26. The van der Waals surface area contributed by atoms with Crippen LogP contribution in [0.2, 0.25) is 0 Å². The molecule has 0 amide bonds. The predicted octanol–water partition coefficient (Wildman–Crippen LogP) is 1.94. The summed E-state index contributed by atoms with van der Waals surface area (Å²) in [7, 11) is 0. The maximum atomic E-state index is 11.3. The zero-order valence-corrected chi connectivity index (χ0v) is 12.5. The number of aliphatic carboxylic acids is 1. The van der Waals surface area contributed by atoms with Crippen molar-refractivity contribution in [1.29, 1.82) is 0 Å². The Morgan fingerprint density at radius 3 is 2.75 bits per heavy atom. The quantitative estimate of drug-likeness (QED) is 0.777. The number of rotatable bonds is 2. The standard InChI is InChI=1S/C13H17N3O2.2ClH/c17-13(18)10-5-1-4-9-11(15-16-12(9)10)8-3-2-6-14-7-8;;/h2-3,6-7,9-12,15-16H,1,4-5H2,(H,17,18);2*1H. The molecule has 1 aromatic rings. The third-order valence-corrected chi connectivity index (χ3v) is 4.14. The molecule has 3 rings (SSSR count). The van der Waals surface area contributed by atoms with Gasteiger partial charge in [-0.15, -0.1) is 24.8 Å². The van der Waals surface area contributed by atoms with Crippen molar-refractivity contribution >= 4 is 30.8 Å². The Labute approximate surface area is 130 Å². The molecular weight excluding hydrogens is 301 g/mol. The van der Waals surface area contributed by atoms with Crippen molar-refractivity contribution in [2.75, 3.05) is 0 Å². The number of carboxylic acids is 1. The minimum Gasteiger partial charge on any atom is -0.481 e. The molecule has 1 aliphatic heterocycles. The summed E-state index contributed by atoms with van der Waals surface area (Å²) < 4.78 is 0. The van der Waals surface area contributed by atoms with E-state index in [4.69, 9.17) is 0 Å². The van der Waals surface area contributed by atoms with Crippen LogP contribution in [0.25, 0.3) is 0 Å². The Kier molecular flexibility index (Phi) is 6.20. The van der Waals surface area contributed by atoms with Crippen LogP contribution in [-0.4, -0.2) is 22.1 Å². The highest BCUT2D eigenvalue weighted by Gasteiger charge is 2.45. The monoisotopic (exact) mass is 319 g/mol. The fourth-order valence-corrected chi connectivity index (χ4v) is 3.27. The molecule has 0 spiro atoms. The largest absolute Gasteiger partial charge is 0.481 e. The van der Waals surface area contributed by atoms with E-state index in [2.05, 4.69) is 15.8 Å². The van der Waals surface area contributed by atoms with Gasteiger partial charge in [0.15, 0.2) is 0 Å². The van der Waals surface area contributed by atoms with Crippen molar-refractivity contribution in [2.45, 2.75) is 31.3 Å². The molecule has 2 fully saturated rings. The van der Waals surface area contributed by atoms with Crippen molar-refractivity contribution in [2.24, 2.45) is 11.8 Å². The van der Waals surface area contributed by atoms with E-state index < -0.39 is 5.97 Å². The van der Waals surface area contributed by atoms with Crippen LogP contribution in [0.5, 0.6) is 0 Å². The summed E-state index contributed by atoms with van der Waals surface area (Å²) in [5.74, 6) is -0.632. The van der Waals surface area contributed by atoms with Crippen molar-refractivity contribution in [3.05, 3.63) is 30.1 Å². The first-order valence-corrected chi connectivity index (χ1v) is 6.41. The van der Waals surface area contributed by atoms with Gasteiger partial charge in [-0.1, -0.05) is 12.5 Å². The number of hydrogen-bond acceptors (Lipinski definition) is 4. The van der Waals surface area contributed by atoms with E-state index in [0.717, 1.165) is 24.8 Å². The van der Waals surface area contributed by atoms with Crippen LogP contribution in [0.1, 0.15) is 30.9 Å². The number of carbonyl (C=O) groups is 1. The fraction of sp³-hybridized carbons (Fsp3) is 0.538. The number of carboxylic acid groups (broad SMARTS) is 1. The maximum Gasteiger partial charge on any atom is 0.308 e. The Morgan fingerprint density at radius 2 is 2.10 bits per heavy atom. The van der Waals surface area contributed by atoms with E-state index in [-0.39, 0.29) is 42.8 Å². The van der Waals surface area contributed by atoms with Crippen molar-refractivity contribution < 1.29 is 9.90 Å². The van der Waals surface area contributed by atoms with Crippen LogP contribution in [0.15, 0.2) is 24.5 Å². The lowest BCUT2D eigenvalue weighted by molar-refractivity contribution is -0.144. The SMILES string of the molecule is Cl.Cl.O=C(O)C1CCCC2C(c3cccnc3)NNC12. The van der Waals surface area contributed by atoms with Gasteiger partial charge in [-0.3, -0.25) is 15.2 Å². The summed E-state index contributed by atoms with van der Waals surface area (Å²) in [6.07, 6.45) is 6.42. The van der Waals surface area contributed by atoms with Crippen LogP contribution in [-0.2, 0) is 4.79 Å². The number of hydrogen-bond donors (Lipinski definition) is 3. The average molecular weight is 320 g/mol.